The van der Waals surface area contributed by atoms with E-state index in [-0.39, 0.29) is 17.9 Å². The Morgan fingerprint density at radius 2 is 1.90 bits per heavy atom. The number of furan rings is 1. The Balaban J connectivity index is 1.26. The Labute approximate surface area is 170 Å². The van der Waals surface area contributed by atoms with E-state index in [1.807, 2.05) is 30.2 Å². The molecule has 29 heavy (non-hydrogen) atoms. The summed E-state index contributed by atoms with van der Waals surface area (Å²) in [6.45, 7) is 5.68. The Hall–Kier alpha value is -3.02. The van der Waals surface area contributed by atoms with E-state index < -0.39 is 0 Å². The van der Waals surface area contributed by atoms with Crippen molar-refractivity contribution in [1.82, 2.24) is 14.8 Å². The van der Waals surface area contributed by atoms with Gasteiger partial charge in [-0.15, -0.1) is 0 Å². The molecule has 1 fully saturated rings. The molecule has 0 atom stereocenters. The van der Waals surface area contributed by atoms with Gasteiger partial charge in [-0.2, -0.15) is 0 Å². The van der Waals surface area contributed by atoms with Crippen molar-refractivity contribution in [1.29, 1.82) is 0 Å². The van der Waals surface area contributed by atoms with Gasteiger partial charge in [0.05, 0.1) is 5.56 Å². The van der Waals surface area contributed by atoms with Crippen molar-refractivity contribution in [2.24, 2.45) is 0 Å². The standard InChI is InChI=1S/C23H27N3O3/c1-16-15-20(17(2)29-16)23(28)24-19-8-12-26(13-9-19)22(27)10-14-25-11-7-18-5-3-4-6-21(18)25/h3-7,11,15,19H,8-10,12-14H2,1-2H3,(H,24,28). The number of carbonyl (C=O) groups is 2. The topological polar surface area (TPSA) is 67.5 Å². The molecule has 6 nitrogen and oxygen atoms in total. The Morgan fingerprint density at radius 1 is 1.14 bits per heavy atom. The van der Waals surface area contributed by atoms with Crippen molar-refractivity contribution in [3.63, 3.8) is 0 Å². The van der Waals surface area contributed by atoms with E-state index in [0.29, 0.717) is 37.4 Å². The minimum Gasteiger partial charge on any atom is -0.466 e. The summed E-state index contributed by atoms with van der Waals surface area (Å²) in [4.78, 5) is 27.0. The van der Waals surface area contributed by atoms with Crippen LogP contribution in [0, 0.1) is 13.8 Å². The fourth-order valence-electron chi connectivity index (χ4n) is 4.10. The molecule has 152 valence electrons. The quantitative estimate of drug-likeness (QED) is 0.719. The number of nitrogens with one attached hydrogen (secondary N) is 1. The highest BCUT2D eigenvalue weighted by Gasteiger charge is 2.25. The molecule has 0 saturated carbocycles. The van der Waals surface area contributed by atoms with Crippen molar-refractivity contribution in [2.45, 2.75) is 45.7 Å². The molecule has 2 aromatic heterocycles. The number of para-hydroxylation sites is 1. The summed E-state index contributed by atoms with van der Waals surface area (Å²) in [6, 6.07) is 12.2. The second kappa shape index (κ2) is 8.15. The summed E-state index contributed by atoms with van der Waals surface area (Å²) < 4.78 is 7.58. The summed E-state index contributed by atoms with van der Waals surface area (Å²) in [5.41, 5.74) is 1.76. The third kappa shape index (κ3) is 4.21. The first-order valence-electron chi connectivity index (χ1n) is 10.2. The van der Waals surface area contributed by atoms with Gasteiger partial charge in [0.2, 0.25) is 5.91 Å². The number of hydrogen-bond acceptors (Lipinski definition) is 3. The molecule has 1 aliphatic rings. The van der Waals surface area contributed by atoms with Crippen LogP contribution >= 0.6 is 0 Å². The van der Waals surface area contributed by atoms with Crippen LogP contribution in [-0.4, -0.2) is 40.4 Å². The second-order valence-electron chi connectivity index (χ2n) is 7.77. The maximum absolute atomic E-state index is 12.6. The second-order valence-corrected chi connectivity index (χ2v) is 7.77. The van der Waals surface area contributed by atoms with Crippen molar-refractivity contribution in [2.75, 3.05) is 13.1 Å². The SMILES string of the molecule is Cc1cc(C(=O)NC2CCN(C(=O)CCn3ccc4ccccc43)CC2)c(C)o1. The van der Waals surface area contributed by atoms with Gasteiger partial charge in [-0.1, -0.05) is 18.2 Å². The average Bonchev–Trinajstić information content (AvgIpc) is 3.29. The van der Waals surface area contributed by atoms with Gasteiger partial charge in [-0.05, 0) is 50.3 Å². The van der Waals surface area contributed by atoms with E-state index >= 15 is 0 Å². The zero-order chi connectivity index (χ0) is 20.4. The number of amides is 2. The monoisotopic (exact) mass is 393 g/mol. The number of nitrogens with zero attached hydrogens (tertiary/aromatic N) is 2. The molecule has 1 aliphatic heterocycles. The average molecular weight is 393 g/mol. The number of carbonyl (C=O) groups excluding carboxylic acids is 2. The molecule has 4 rings (SSSR count). The number of rotatable bonds is 5. The van der Waals surface area contributed by atoms with Crippen LogP contribution < -0.4 is 5.32 Å². The number of piperidine rings is 1. The smallest absolute Gasteiger partial charge is 0.255 e. The first-order chi connectivity index (χ1) is 14.0. The van der Waals surface area contributed by atoms with Crippen molar-refractivity contribution < 1.29 is 14.0 Å². The lowest BCUT2D eigenvalue weighted by Crippen LogP contribution is -2.46. The molecule has 6 heteroatoms. The minimum atomic E-state index is -0.0939. The lowest BCUT2D eigenvalue weighted by molar-refractivity contribution is -0.132. The molecule has 1 N–H and O–H groups in total. The maximum atomic E-state index is 12.6. The van der Waals surface area contributed by atoms with E-state index in [4.69, 9.17) is 4.42 Å². The molecule has 0 bridgehead atoms. The number of likely N-dealkylation sites (tertiary alicyclic amines) is 1. The molecule has 1 saturated heterocycles. The van der Waals surface area contributed by atoms with E-state index in [1.54, 1.807) is 13.0 Å². The third-order valence-electron chi connectivity index (χ3n) is 5.72. The molecule has 3 aromatic rings. The van der Waals surface area contributed by atoms with Gasteiger partial charge in [0.15, 0.2) is 0 Å². The van der Waals surface area contributed by atoms with Crippen LogP contribution in [0.4, 0.5) is 0 Å². The molecule has 0 aliphatic carbocycles. The molecule has 1 aromatic carbocycles. The normalized spacial score (nSPS) is 15.0. The number of hydrogen-bond donors (Lipinski definition) is 1. The van der Waals surface area contributed by atoms with E-state index in [2.05, 4.69) is 28.1 Å². The molecule has 0 unspecified atom stereocenters. The summed E-state index contributed by atoms with van der Waals surface area (Å²) >= 11 is 0. The van der Waals surface area contributed by atoms with Crippen LogP contribution in [0.25, 0.3) is 10.9 Å². The largest absolute Gasteiger partial charge is 0.466 e. The van der Waals surface area contributed by atoms with Crippen LogP contribution in [0.2, 0.25) is 0 Å². The van der Waals surface area contributed by atoms with Crippen molar-refractivity contribution in [3.8, 4) is 0 Å². The van der Waals surface area contributed by atoms with Crippen LogP contribution in [0.5, 0.6) is 0 Å². The first kappa shape index (κ1) is 19.3. The van der Waals surface area contributed by atoms with E-state index in [1.165, 1.54) is 5.39 Å². The van der Waals surface area contributed by atoms with Crippen LogP contribution in [0.15, 0.2) is 47.0 Å². The zero-order valence-corrected chi connectivity index (χ0v) is 17.0. The van der Waals surface area contributed by atoms with Crippen LogP contribution in [-0.2, 0) is 11.3 Å². The lowest BCUT2D eigenvalue weighted by atomic mass is 10.0. The highest BCUT2D eigenvalue weighted by molar-refractivity contribution is 5.95. The number of benzene rings is 1. The lowest BCUT2D eigenvalue weighted by Gasteiger charge is -2.32. The highest BCUT2D eigenvalue weighted by Crippen LogP contribution is 2.18. The number of fused-ring (bicyclic) bond motifs is 1. The van der Waals surface area contributed by atoms with Crippen molar-refractivity contribution >= 4 is 22.7 Å². The predicted octanol–water partition coefficient (Wildman–Crippen LogP) is 3.66. The molecule has 2 amide bonds. The summed E-state index contributed by atoms with van der Waals surface area (Å²) in [7, 11) is 0. The molecule has 0 spiro atoms. The Morgan fingerprint density at radius 3 is 2.62 bits per heavy atom. The third-order valence-corrected chi connectivity index (χ3v) is 5.72. The minimum absolute atomic E-state index is 0.0922. The van der Waals surface area contributed by atoms with Gasteiger partial charge in [0, 0.05) is 43.8 Å². The summed E-state index contributed by atoms with van der Waals surface area (Å²) in [5, 5.41) is 4.28. The van der Waals surface area contributed by atoms with Gasteiger partial charge >= 0.3 is 0 Å². The zero-order valence-electron chi connectivity index (χ0n) is 17.0. The van der Waals surface area contributed by atoms with Gasteiger partial charge in [0.1, 0.15) is 11.5 Å². The molecular formula is C23H27N3O3. The number of aromatic nitrogens is 1. The summed E-state index contributed by atoms with van der Waals surface area (Å²) in [5.74, 6) is 1.46. The molecule has 0 radical (unpaired) electrons. The summed E-state index contributed by atoms with van der Waals surface area (Å²) in [6.07, 6.45) is 4.09. The van der Waals surface area contributed by atoms with Gasteiger partial charge in [-0.3, -0.25) is 9.59 Å². The first-order valence-corrected chi connectivity index (χ1v) is 10.2. The van der Waals surface area contributed by atoms with Gasteiger partial charge in [-0.25, -0.2) is 0 Å². The van der Waals surface area contributed by atoms with Crippen molar-refractivity contribution in [3.05, 3.63) is 59.7 Å². The Bertz CT molecular complexity index is 1030. The Kier molecular flexibility index (Phi) is 5.43. The van der Waals surface area contributed by atoms with E-state index in [0.717, 1.165) is 24.1 Å². The fraction of sp³-hybridized carbons (Fsp3) is 0.391. The van der Waals surface area contributed by atoms with Crippen LogP contribution in [0.1, 0.15) is 41.1 Å². The van der Waals surface area contributed by atoms with E-state index in [9.17, 15) is 9.59 Å². The molecular weight excluding hydrogens is 366 g/mol. The molecule has 3 heterocycles. The predicted molar refractivity (Wildman–Crippen MR) is 112 cm³/mol. The fourth-order valence-corrected chi connectivity index (χ4v) is 4.10. The number of aryl methyl sites for hydroxylation is 3. The van der Waals surface area contributed by atoms with Gasteiger partial charge in [0.25, 0.3) is 5.91 Å². The maximum Gasteiger partial charge on any atom is 0.255 e. The van der Waals surface area contributed by atoms with Gasteiger partial charge < -0.3 is 19.2 Å². The van der Waals surface area contributed by atoms with Crippen LogP contribution in [0.3, 0.4) is 0 Å². The highest BCUT2D eigenvalue weighted by atomic mass is 16.3.